The van der Waals surface area contributed by atoms with E-state index in [1.807, 2.05) is 14.0 Å². The third kappa shape index (κ3) is 3.01. The van der Waals surface area contributed by atoms with Crippen LogP contribution in [0.15, 0.2) is 18.2 Å². The van der Waals surface area contributed by atoms with Crippen molar-refractivity contribution >= 4 is 12.0 Å². The van der Waals surface area contributed by atoms with Crippen LogP contribution in [0.25, 0.3) is 0 Å². The van der Waals surface area contributed by atoms with Crippen molar-refractivity contribution in [2.45, 2.75) is 39.9 Å². The fourth-order valence-electron chi connectivity index (χ4n) is 2.51. The molecule has 2 amide bonds. The second-order valence-corrected chi connectivity index (χ2v) is 6.02. The number of carbonyl (C=O) groups is 2. The molecule has 5 heteroatoms. The first kappa shape index (κ1) is 15.4. The lowest BCUT2D eigenvalue weighted by molar-refractivity contribution is 0.0696. The first-order valence-corrected chi connectivity index (χ1v) is 7.18. The van der Waals surface area contributed by atoms with Crippen molar-refractivity contribution in [2.24, 2.45) is 5.92 Å². The van der Waals surface area contributed by atoms with E-state index in [9.17, 15) is 9.59 Å². The van der Waals surface area contributed by atoms with Gasteiger partial charge in [-0.1, -0.05) is 19.9 Å². The molecule has 1 aromatic rings. The molecule has 1 aromatic carbocycles. The zero-order valence-electron chi connectivity index (χ0n) is 13.0. The van der Waals surface area contributed by atoms with E-state index in [4.69, 9.17) is 5.11 Å². The van der Waals surface area contributed by atoms with E-state index in [1.165, 1.54) is 0 Å². The van der Waals surface area contributed by atoms with Crippen molar-refractivity contribution in [1.29, 1.82) is 0 Å². The summed E-state index contributed by atoms with van der Waals surface area (Å²) < 4.78 is 0. The first-order chi connectivity index (χ1) is 9.81. The SMILES string of the molecule is CC(C)C(C)N(C)C(=O)N1Cc2ccc(C(=O)O)cc2C1. The Morgan fingerprint density at radius 1 is 1.19 bits per heavy atom. The van der Waals surface area contributed by atoms with Crippen molar-refractivity contribution in [2.75, 3.05) is 7.05 Å². The van der Waals surface area contributed by atoms with Crippen LogP contribution >= 0.6 is 0 Å². The number of urea groups is 1. The molecule has 0 saturated carbocycles. The van der Waals surface area contributed by atoms with Gasteiger partial charge >= 0.3 is 12.0 Å². The Hall–Kier alpha value is -2.04. The summed E-state index contributed by atoms with van der Waals surface area (Å²) in [6.07, 6.45) is 0. The minimum atomic E-state index is -0.937. The minimum Gasteiger partial charge on any atom is -0.478 e. The summed E-state index contributed by atoms with van der Waals surface area (Å²) in [7, 11) is 1.82. The standard InChI is InChI=1S/C16H22N2O3/c1-10(2)11(3)17(4)16(21)18-8-13-6-5-12(15(19)20)7-14(13)9-18/h5-7,10-11H,8-9H2,1-4H3,(H,19,20). The van der Waals surface area contributed by atoms with Crippen LogP contribution in [0.5, 0.6) is 0 Å². The van der Waals surface area contributed by atoms with Crippen molar-refractivity contribution in [1.82, 2.24) is 9.80 Å². The van der Waals surface area contributed by atoms with Crippen LogP contribution in [-0.2, 0) is 13.1 Å². The zero-order chi connectivity index (χ0) is 15.7. The number of fused-ring (bicyclic) bond motifs is 1. The number of benzene rings is 1. The average molecular weight is 290 g/mol. The summed E-state index contributed by atoms with van der Waals surface area (Å²) in [6, 6.07) is 5.21. The van der Waals surface area contributed by atoms with Gasteiger partial charge in [-0.25, -0.2) is 9.59 Å². The molecule has 0 spiro atoms. The summed E-state index contributed by atoms with van der Waals surface area (Å²) in [6.45, 7) is 7.24. The Bertz CT molecular complexity index is 569. The van der Waals surface area contributed by atoms with Gasteiger partial charge in [-0.15, -0.1) is 0 Å². The third-order valence-electron chi connectivity index (χ3n) is 4.32. The highest BCUT2D eigenvalue weighted by atomic mass is 16.4. The Morgan fingerprint density at radius 3 is 2.38 bits per heavy atom. The molecule has 1 unspecified atom stereocenters. The maximum atomic E-state index is 12.5. The predicted octanol–water partition coefficient (Wildman–Crippen LogP) is 2.80. The van der Waals surface area contributed by atoms with E-state index in [2.05, 4.69) is 13.8 Å². The van der Waals surface area contributed by atoms with Gasteiger partial charge < -0.3 is 14.9 Å². The molecule has 2 rings (SSSR count). The monoisotopic (exact) mass is 290 g/mol. The van der Waals surface area contributed by atoms with Crippen molar-refractivity contribution in [3.05, 3.63) is 34.9 Å². The van der Waals surface area contributed by atoms with E-state index in [1.54, 1.807) is 28.0 Å². The summed E-state index contributed by atoms with van der Waals surface area (Å²) in [4.78, 5) is 27.0. The van der Waals surface area contributed by atoms with Gasteiger partial charge in [-0.05, 0) is 36.1 Å². The molecule has 21 heavy (non-hydrogen) atoms. The van der Waals surface area contributed by atoms with Crippen LogP contribution in [-0.4, -0.2) is 40.0 Å². The summed E-state index contributed by atoms with van der Waals surface area (Å²) in [5.74, 6) is -0.546. The molecule has 0 fully saturated rings. The molecular formula is C16H22N2O3. The highest BCUT2D eigenvalue weighted by Crippen LogP contribution is 2.25. The zero-order valence-corrected chi connectivity index (χ0v) is 13.0. The minimum absolute atomic E-state index is 0.00993. The predicted molar refractivity (Wildman–Crippen MR) is 80.1 cm³/mol. The van der Waals surface area contributed by atoms with Crippen LogP contribution in [0.4, 0.5) is 4.79 Å². The van der Waals surface area contributed by atoms with Gasteiger partial charge in [-0.2, -0.15) is 0 Å². The molecule has 5 nitrogen and oxygen atoms in total. The number of aromatic carboxylic acids is 1. The Balaban J connectivity index is 2.12. The molecule has 0 aromatic heterocycles. The number of hydrogen-bond acceptors (Lipinski definition) is 2. The number of nitrogens with zero attached hydrogens (tertiary/aromatic N) is 2. The number of carboxylic acids is 1. The van der Waals surface area contributed by atoms with Gasteiger partial charge in [0.1, 0.15) is 0 Å². The van der Waals surface area contributed by atoms with Crippen LogP contribution < -0.4 is 0 Å². The second kappa shape index (κ2) is 5.76. The normalized spacial score (nSPS) is 15.0. The van der Waals surface area contributed by atoms with E-state index in [-0.39, 0.29) is 17.6 Å². The molecule has 0 radical (unpaired) electrons. The second-order valence-electron chi connectivity index (χ2n) is 6.02. The number of rotatable bonds is 3. The van der Waals surface area contributed by atoms with E-state index >= 15 is 0 Å². The molecule has 1 N–H and O–H groups in total. The fraction of sp³-hybridized carbons (Fsp3) is 0.500. The van der Waals surface area contributed by atoms with Gasteiger partial charge in [0.25, 0.3) is 0 Å². The molecule has 1 aliphatic heterocycles. The van der Waals surface area contributed by atoms with Gasteiger partial charge in [0.2, 0.25) is 0 Å². The van der Waals surface area contributed by atoms with Crippen molar-refractivity contribution in [3.63, 3.8) is 0 Å². The summed E-state index contributed by atoms with van der Waals surface area (Å²) in [5, 5.41) is 9.02. The van der Waals surface area contributed by atoms with Gasteiger partial charge in [0, 0.05) is 26.2 Å². The molecule has 0 bridgehead atoms. The maximum Gasteiger partial charge on any atom is 0.335 e. The molecular weight excluding hydrogens is 268 g/mol. The van der Waals surface area contributed by atoms with E-state index < -0.39 is 5.97 Å². The average Bonchev–Trinajstić information content (AvgIpc) is 2.87. The quantitative estimate of drug-likeness (QED) is 0.931. The third-order valence-corrected chi connectivity index (χ3v) is 4.32. The number of carboxylic acid groups (broad SMARTS) is 1. The fourth-order valence-corrected chi connectivity index (χ4v) is 2.51. The van der Waals surface area contributed by atoms with Crippen LogP contribution in [0.2, 0.25) is 0 Å². The highest BCUT2D eigenvalue weighted by Gasteiger charge is 2.28. The highest BCUT2D eigenvalue weighted by molar-refractivity contribution is 5.88. The van der Waals surface area contributed by atoms with Crippen molar-refractivity contribution in [3.8, 4) is 0 Å². The lowest BCUT2D eigenvalue weighted by atomic mass is 10.1. The van der Waals surface area contributed by atoms with Crippen LogP contribution in [0.3, 0.4) is 0 Å². The Kier molecular flexibility index (Phi) is 4.21. The summed E-state index contributed by atoms with van der Waals surface area (Å²) >= 11 is 0. The molecule has 0 saturated heterocycles. The maximum absolute atomic E-state index is 12.5. The molecule has 1 aliphatic rings. The first-order valence-electron chi connectivity index (χ1n) is 7.18. The Labute approximate surface area is 125 Å². The number of carbonyl (C=O) groups excluding carboxylic acids is 1. The van der Waals surface area contributed by atoms with Crippen LogP contribution in [0, 0.1) is 5.92 Å². The number of amides is 2. The molecule has 1 atom stereocenters. The van der Waals surface area contributed by atoms with Gasteiger partial charge in [-0.3, -0.25) is 0 Å². The van der Waals surface area contributed by atoms with Gasteiger partial charge in [0.05, 0.1) is 5.56 Å². The number of hydrogen-bond donors (Lipinski definition) is 1. The van der Waals surface area contributed by atoms with E-state index in [0.29, 0.717) is 19.0 Å². The smallest absolute Gasteiger partial charge is 0.335 e. The topological polar surface area (TPSA) is 60.9 Å². The van der Waals surface area contributed by atoms with Crippen LogP contribution in [0.1, 0.15) is 42.3 Å². The molecule has 1 heterocycles. The lowest BCUT2D eigenvalue weighted by Gasteiger charge is -2.31. The largest absolute Gasteiger partial charge is 0.478 e. The van der Waals surface area contributed by atoms with Crippen molar-refractivity contribution < 1.29 is 14.7 Å². The van der Waals surface area contributed by atoms with E-state index in [0.717, 1.165) is 11.1 Å². The Morgan fingerprint density at radius 2 is 1.81 bits per heavy atom. The molecule has 0 aliphatic carbocycles. The molecule has 114 valence electrons. The lowest BCUT2D eigenvalue weighted by Crippen LogP contribution is -2.44. The summed E-state index contributed by atoms with van der Waals surface area (Å²) in [5.41, 5.74) is 2.22. The van der Waals surface area contributed by atoms with Gasteiger partial charge in [0.15, 0.2) is 0 Å².